The van der Waals surface area contributed by atoms with Gasteiger partial charge < -0.3 is 10.2 Å². The highest BCUT2D eigenvalue weighted by atomic mass is 16.3. The van der Waals surface area contributed by atoms with Crippen molar-refractivity contribution < 1.29 is 4.42 Å². The van der Waals surface area contributed by atoms with Crippen LogP contribution in [0.25, 0.3) is 11.1 Å². The van der Waals surface area contributed by atoms with Gasteiger partial charge in [0.25, 0.3) is 0 Å². The van der Waals surface area contributed by atoms with Crippen LogP contribution < -0.4 is 5.73 Å². The lowest BCUT2D eigenvalue weighted by Gasteiger charge is -2.30. The van der Waals surface area contributed by atoms with E-state index in [2.05, 4.69) is 9.88 Å². The Hall–Kier alpha value is -1.39. The highest BCUT2D eigenvalue weighted by molar-refractivity contribution is 5.72. The number of aromatic nitrogens is 1. The Morgan fingerprint density at radius 3 is 2.78 bits per heavy atom. The lowest BCUT2D eigenvalue weighted by Crippen LogP contribution is -2.35. The van der Waals surface area contributed by atoms with Crippen molar-refractivity contribution in [3.63, 3.8) is 0 Å². The predicted molar refractivity (Wildman–Crippen MR) is 71.1 cm³/mol. The molecule has 3 rings (SSSR count). The molecule has 18 heavy (non-hydrogen) atoms. The molecule has 2 heterocycles. The maximum Gasteiger partial charge on any atom is 0.209 e. The number of para-hydroxylation sites is 2. The Balaban J connectivity index is 1.66. The van der Waals surface area contributed by atoms with Crippen LogP contribution in [-0.2, 0) is 6.54 Å². The van der Waals surface area contributed by atoms with Gasteiger partial charge in [-0.1, -0.05) is 12.1 Å². The minimum absolute atomic E-state index is 0.699. The number of fused-ring (bicyclic) bond motifs is 1. The van der Waals surface area contributed by atoms with Crippen LogP contribution in [0.4, 0.5) is 0 Å². The lowest BCUT2D eigenvalue weighted by atomic mass is 9.97. The molecule has 0 aliphatic carbocycles. The van der Waals surface area contributed by atoms with Crippen LogP contribution in [-0.4, -0.2) is 29.5 Å². The minimum Gasteiger partial charge on any atom is -0.439 e. The second-order valence-corrected chi connectivity index (χ2v) is 5.03. The van der Waals surface area contributed by atoms with Gasteiger partial charge in [-0.15, -0.1) is 0 Å². The molecule has 0 bridgehead atoms. The summed E-state index contributed by atoms with van der Waals surface area (Å²) in [7, 11) is 0. The molecule has 1 saturated heterocycles. The molecule has 0 amide bonds. The molecule has 2 N–H and O–H groups in total. The monoisotopic (exact) mass is 245 g/mol. The molecule has 0 unspecified atom stereocenters. The maximum absolute atomic E-state index is 5.75. The fourth-order valence-corrected chi connectivity index (χ4v) is 2.56. The average molecular weight is 245 g/mol. The summed E-state index contributed by atoms with van der Waals surface area (Å²) >= 11 is 0. The molecule has 0 atom stereocenters. The topological polar surface area (TPSA) is 55.3 Å². The number of hydrogen-bond acceptors (Lipinski definition) is 4. The summed E-state index contributed by atoms with van der Waals surface area (Å²) in [6.45, 7) is 3.82. The molecule has 0 saturated carbocycles. The van der Waals surface area contributed by atoms with Crippen LogP contribution in [0, 0.1) is 5.92 Å². The molecular weight excluding hydrogens is 226 g/mol. The lowest BCUT2D eigenvalue weighted by molar-refractivity contribution is 0.168. The third kappa shape index (κ3) is 2.40. The molecule has 1 aliphatic rings. The van der Waals surface area contributed by atoms with E-state index in [0.29, 0.717) is 5.92 Å². The summed E-state index contributed by atoms with van der Waals surface area (Å²) in [5.41, 5.74) is 7.53. The van der Waals surface area contributed by atoms with Gasteiger partial charge in [0.05, 0.1) is 6.54 Å². The summed E-state index contributed by atoms with van der Waals surface area (Å²) < 4.78 is 5.75. The average Bonchev–Trinajstić information content (AvgIpc) is 2.82. The van der Waals surface area contributed by atoms with Gasteiger partial charge in [-0.3, -0.25) is 4.90 Å². The van der Waals surface area contributed by atoms with Crippen molar-refractivity contribution in [3.05, 3.63) is 30.2 Å². The van der Waals surface area contributed by atoms with Gasteiger partial charge in [-0.25, -0.2) is 4.98 Å². The zero-order valence-electron chi connectivity index (χ0n) is 10.5. The molecule has 0 radical (unpaired) electrons. The Labute approximate surface area is 107 Å². The number of likely N-dealkylation sites (tertiary alicyclic amines) is 1. The maximum atomic E-state index is 5.75. The second-order valence-electron chi connectivity index (χ2n) is 5.03. The van der Waals surface area contributed by atoms with Crippen LogP contribution in [0.15, 0.2) is 28.7 Å². The molecule has 2 aromatic rings. The number of nitrogens with zero attached hydrogens (tertiary/aromatic N) is 2. The number of hydrogen-bond donors (Lipinski definition) is 1. The largest absolute Gasteiger partial charge is 0.439 e. The molecule has 96 valence electrons. The molecule has 1 aromatic carbocycles. The summed E-state index contributed by atoms with van der Waals surface area (Å²) in [5.74, 6) is 1.52. The third-order valence-electron chi connectivity index (χ3n) is 3.74. The van der Waals surface area contributed by atoms with E-state index in [1.807, 2.05) is 24.3 Å². The first-order chi connectivity index (χ1) is 8.85. The first kappa shape index (κ1) is 11.7. The molecular formula is C14H19N3O. The summed E-state index contributed by atoms with van der Waals surface area (Å²) in [5, 5.41) is 0. The van der Waals surface area contributed by atoms with Crippen molar-refractivity contribution in [1.29, 1.82) is 0 Å². The van der Waals surface area contributed by atoms with E-state index < -0.39 is 0 Å². The van der Waals surface area contributed by atoms with E-state index in [1.54, 1.807) is 0 Å². The SMILES string of the molecule is NCC1CCN(Cc2nc3ccccc3o2)CC1. The van der Waals surface area contributed by atoms with Crippen molar-refractivity contribution >= 4 is 11.1 Å². The molecule has 4 nitrogen and oxygen atoms in total. The van der Waals surface area contributed by atoms with Crippen molar-refractivity contribution in [1.82, 2.24) is 9.88 Å². The Kier molecular flexibility index (Phi) is 3.30. The zero-order chi connectivity index (χ0) is 12.4. The van der Waals surface area contributed by atoms with Gasteiger partial charge >= 0.3 is 0 Å². The van der Waals surface area contributed by atoms with Crippen LogP contribution in [0.2, 0.25) is 0 Å². The molecule has 1 aliphatic heterocycles. The first-order valence-corrected chi connectivity index (χ1v) is 6.62. The van der Waals surface area contributed by atoms with E-state index in [0.717, 1.165) is 43.2 Å². The Bertz CT molecular complexity index is 481. The van der Waals surface area contributed by atoms with Gasteiger partial charge in [0.2, 0.25) is 5.89 Å². The number of rotatable bonds is 3. The van der Waals surface area contributed by atoms with Gasteiger partial charge in [-0.05, 0) is 50.5 Å². The predicted octanol–water partition coefficient (Wildman–Crippen LogP) is 2.00. The first-order valence-electron chi connectivity index (χ1n) is 6.62. The van der Waals surface area contributed by atoms with E-state index in [-0.39, 0.29) is 0 Å². The van der Waals surface area contributed by atoms with Gasteiger partial charge in [0.1, 0.15) is 5.52 Å². The molecule has 4 heteroatoms. The summed E-state index contributed by atoms with van der Waals surface area (Å²) in [6, 6.07) is 7.92. The van der Waals surface area contributed by atoms with E-state index >= 15 is 0 Å². The van der Waals surface area contributed by atoms with E-state index in [9.17, 15) is 0 Å². The number of oxazole rings is 1. The zero-order valence-corrected chi connectivity index (χ0v) is 10.5. The third-order valence-corrected chi connectivity index (χ3v) is 3.74. The van der Waals surface area contributed by atoms with E-state index in [1.165, 1.54) is 12.8 Å². The standard InChI is InChI=1S/C14H19N3O/c15-9-11-5-7-17(8-6-11)10-14-16-12-3-1-2-4-13(12)18-14/h1-4,11H,5-10,15H2. The van der Waals surface area contributed by atoms with Crippen LogP contribution >= 0.6 is 0 Å². The summed E-state index contributed by atoms with van der Waals surface area (Å²) in [4.78, 5) is 6.91. The quantitative estimate of drug-likeness (QED) is 0.898. The van der Waals surface area contributed by atoms with Gasteiger partial charge in [0.15, 0.2) is 5.58 Å². The smallest absolute Gasteiger partial charge is 0.209 e. The highest BCUT2D eigenvalue weighted by Gasteiger charge is 2.19. The Morgan fingerprint density at radius 2 is 2.06 bits per heavy atom. The van der Waals surface area contributed by atoms with Crippen LogP contribution in [0.1, 0.15) is 18.7 Å². The normalized spacial score (nSPS) is 18.5. The minimum atomic E-state index is 0.699. The Morgan fingerprint density at radius 1 is 1.28 bits per heavy atom. The van der Waals surface area contributed by atoms with Gasteiger partial charge in [0, 0.05) is 0 Å². The number of benzene rings is 1. The van der Waals surface area contributed by atoms with Crippen LogP contribution in [0.5, 0.6) is 0 Å². The van der Waals surface area contributed by atoms with Gasteiger partial charge in [-0.2, -0.15) is 0 Å². The van der Waals surface area contributed by atoms with Crippen molar-refractivity contribution in [3.8, 4) is 0 Å². The molecule has 0 spiro atoms. The van der Waals surface area contributed by atoms with Crippen molar-refractivity contribution in [2.24, 2.45) is 11.7 Å². The van der Waals surface area contributed by atoms with Crippen molar-refractivity contribution in [2.45, 2.75) is 19.4 Å². The molecule has 1 fully saturated rings. The number of nitrogens with two attached hydrogens (primary N) is 1. The summed E-state index contributed by atoms with van der Waals surface area (Å²) in [6.07, 6.45) is 2.38. The second kappa shape index (κ2) is 5.08. The van der Waals surface area contributed by atoms with Crippen molar-refractivity contribution in [2.75, 3.05) is 19.6 Å². The van der Waals surface area contributed by atoms with E-state index in [4.69, 9.17) is 10.2 Å². The highest BCUT2D eigenvalue weighted by Crippen LogP contribution is 2.20. The molecule has 1 aromatic heterocycles. The fraction of sp³-hybridized carbons (Fsp3) is 0.500. The fourth-order valence-electron chi connectivity index (χ4n) is 2.56. The van der Waals surface area contributed by atoms with Crippen LogP contribution in [0.3, 0.4) is 0 Å². The number of piperidine rings is 1.